The smallest absolute Gasteiger partial charge is 0.246 e. The van der Waals surface area contributed by atoms with Gasteiger partial charge in [0.2, 0.25) is 15.9 Å². The molecular weight excluding hydrogens is 391 g/mol. The number of sulfonamides is 1. The predicted octanol–water partition coefficient (Wildman–Crippen LogP) is 3.03. The van der Waals surface area contributed by atoms with Crippen LogP contribution in [-0.2, 0) is 14.8 Å². The highest BCUT2D eigenvalue weighted by Gasteiger charge is 2.29. The first-order chi connectivity index (χ1) is 12.9. The number of carbonyl (C=O) groups excluding carboxylic acids is 1. The molecule has 1 fully saturated rings. The van der Waals surface area contributed by atoms with Crippen LogP contribution >= 0.6 is 11.6 Å². The minimum Gasteiger partial charge on any atom is -0.337 e. The Morgan fingerprint density at radius 3 is 2.41 bits per heavy atom. The molecule has 1 heterocycles. The molecular formula is C19H18ClFN2O3S. The number of nitrogens with zero attached hydrogens (tertiary/aromatic N) is 2. The second-order valence-electron chi connectivity index (χ2n) is 6.04. The van der Waals surface area contributed by atoms with E-state index < -0.39 is 15.8 Å². The summed E-state index contributed by atoms with van der Waals surface area (Å²) in [5, 5.41) is 0.350. The maximum atomic E-state index is 13.6. The lowest BCUT2D eigenvalue weighted by Gasteiger charge is -2.33. The van der Waals surface area contributed by atoms with Crippen LogP contribution in [0.4, 0.5) is 4.39 Å². The third kappa shape index (κ3) is 4.55. The monoisotopic (exact) mass is 408 g/mol. The van der Waals surface area contributed by atoms with Crippen molar-refractivity contribution in [2.45, 2.75) is 4.90 Å². The van der Waals surface area contributed by atoms with Crippen molar-refractivity contribution < 1.29 is 17.6 Å². The first-order valence-corrected chi connectivity index (χ1v) is 10.2. The topological polar surface area (TPSA) is 57.7 Å². The van der Waals surface area contributed by atoms with Gasteiger partial charge in [0, 0.05) is 42.8 Å². The van der Waals surface area contributed by atoms with Crippen LogP contribution in [-0.4, -0.2) is 49.7 Å². The molecule has 0 bridgehead atoms. The number of piperazine rings is 1. The first-order valence-electron chi connectivity index (χ1n) is 8.35. The summed E-state index contributed by atoms with van der Waals surface area (Å²) in [5.41, 5.74) is 0.327. The van der Waals surface area contributed by atoms with Crippen molar-refractivity contribution in [1.29, 1.82) is 0 Å². The number of hydrogen-bond acceptors (Lipinski definition) is 3. The second-order valence-corrected chi connectivity index (χ2v) is 8.42. The summed E-state index contributed by atoms with van der Waals surface area (Å²) in [4.78, 5) is 14.0. The molecule has 0 atom stereocenters. The van der Waals surface area contributed by atoms with Crippen LogP contribution in [0.5, 0.6) is 0 Å². The van der Waals surface area contributed by atoms with Crippen LogP contribution < -0.4 is 0 Å². The van der Waals surface area contributed by atoms with E-state index in [-0.39, 0.29) is 37.0 Å². The van der Waals surface area contributed by atoms with E-state index in [9.17, 15) is 17.6 Å². The Morgan fingerprint density at radius 1 is 1.04 bits per heavy atom. The van der Waals surface area contributed by atoms with Gasteiger partial charge in [0.1, 0.15) is 5.82 Å². The molecule has 0 aliphatic carbocycles. The van der Waals surface area contributed by atoms with Crippen molar-refractivity contribution >= 4 is 33.6 Å². The maximum absolute atomic E-state index is 13.6. The van der Waals surface area contributed by atoms with Gasteiger partial charge in [-0.15, -0.1) is 0 Å². The summed E-state index contributed by atoms with van der Waals surface area (Å²) in [5.74, 6) is -0.683. The Labute approximate surface area is 162 Å². The van der Waals surface area contributed by atoms with Crippen molar-refractivity contribution in [2.24, 2.45) is 0 Å². The van der Waals surface area contributed by atoms with Crippen molar-refractivity contribution in [2.75, 3.05) is 26.2 Å². The van der Waals surface area contributed by atoms with Gasteiger partial charge >= 0.3 is 0 Å². The number of rotatable bonds is 4. The van der Waals surface area contributed by atoms with Gasteiger partial charge in [0.05, 0.1) is 4.90 Å². The van der Waals surface area contributed by atoms with Crippen LogP contribution in [0.15, 0.2) is 59.5 Å². The summed E-state index contributed by atoms with van der Waals surface area (Å²) < 4.78 is 40.3. The fourth-order valence-corrected chi connectivity index (χ4v) is 4.53. The van der Waals surface area contributed by atoms with Crippen LogP contribution in [0.3, 0.4) is 0 Å². The molecule has 27 heavy (non-hydrogen) atoms. The molecule has 0 saturated carbocycles. The molecule has 5 nitrogen and oxygen atoms in total. The molecule has 142 valence electrons. The Morgan fingerprint density at radius 2 is 1.74 bits per heavy atom. The first kappa shape index (κ1) is 19.5. The van der Waals surface area contributed by atoms with Gasteiger partial charge < -0.3 is 4.90 Å². The average Bonchev–Trinajstić information content (AvgIpc) is 2.67. The highest BCUT2D eigenvalue weighted by Crippen LogP contribution is 2.21. The largest absolute Gasteiger partial charge is 0.337 e. The predicted molar refractivity (Wildman–Crippen MR) is 102 cm³/mol. The Kier molecular flexibility index (Phi) is 5.94. The molecule has 0 aromatic heterocycles. The van der Waals surface area contributed by atoms with Crippen LogP contribution in [0.2, 0.25) is 5.02 Å². The summed E-state index contributed by atoms with van der Waals surface area (Å²) in [6.45, 7) is 0.905. The minimum absolute atomic E-state index is 0.134. The van der Waals surface area contributed by atoms with Crippen LogP contribution in [0.1, 0.15) is 5.56 Å². The molecule has 0 N–H and O–H groups in total. The van der Waals surface area contributed by atoms with E-state index in [4.69, 9.17) is 11.6 Å². The lowest BCUT2D eigenvalue weighted by atomic mass is 10.2. The minimum atomic E-state index is -3.65. The Bertz CT molecular complexity index is 970. The number of benzene rings is 2. The van der Waals surface area contributed by atoms with Crippen molar-refractivity contribution in [1.82, 2.24) is 9.21 Å². The van der Waals surface area contributed by atoms with Gasteiger partial charge in [0.15, 0.2) is 0 Å². The molecule has 1 aliphatic rings. The summed E-state index contributed by atoms with van der Waals surface area (Å²) in [7, 11) is -3.65. The van der Waals surface area contributed by atoms with Gasteiger partial charge in [-0.3, -0.25) is 4.79 Å². The molecule has 0 radical (unpaired) electrons. The lowest BCUT2D eigenvalue weighted by Crippen LogP contribution is -2.50. The molecule has 8 heteroatoms. The van der Waals surface area contributed by atoms with Gasteiger partial charge in [-0.05, 0) is 30.3 Å². The second kappa shape index (κ2) is 8.21. The highest BCUT2D eigenvalue weighted by molar-refractivity contribution is 7.89. The van der Waals surface area contributed by atoms with Gasteiger partial charge in [-0.2, -0.15) is 4.31 Å². The molecule has 1 saturated heterocycles. The zero-order chi connectivity index (χ0) is 19.4. The van der Waals surface area contributed by atoms with Crippen LogP contribution in [0, 0.1) is 5.82 Å². The molecule has 1 aliphatic heterocycles. The van der Waals surface area contributed by atoms with E-state index in [2.05, 4.69) is 0 Å². The zero-order valence-corrected chi connectivity index (χ0v) is 16.0. The third-order valence-electron chi connectivity index (χ3n) is 4.29. The van der Waals surface area contributed by atoms with Gasteiger partial charge in [-0.25, -0.2) is 12.8 Å². The van der Waals surface area contributed by atoms with Crippen molar-refractivity contribution in [3.63, 3.8) is 0 Å². The maximum Gasteiger partial charge on any atom is 0.246 e. The summed E-state index contributed by atoms with van der Waals surface area (Å²) in [6.07, 6.45) is 2.73. The van der Waals surface area contributed by atoms with E-state index >= 15 is 0 Å². The van der Waals surface area contributed by atoms with E-state index in [1.54, 1.807) is 35.2 Å². The van der Waals surface area contributed by atoms with Crippen molar-refractivity contribution in [3.05, 3.63) is 71.0 Å². The third-order valence-corrected chi connectivity index (χ3v) is 6.42. The highest BCUT2D eigenvalue weighted by atomic mass is 35.5. The number of hydrogen-bond donors (Lipinski definition) is 0. The zero-order valence-electron chi connectivity index (χ0n) is 14.4. The molecule has 2 aromatic rings. The summed E-state index contributed by atoms with van der Waals surface area (Å²) in [6, 6.07) is 12.3. The number of amides is 1. The van der Waals surface area contributed by atoms with E-state index in [1.165, 1.54) is 34.7 Å². The number of halogens is 2. The van der Waals surface area contributed by atoms with E-state index in [0.717, 1.165) is 0 Å². The molecule has 2 aromatic carbocycles. The normalized spacial score (nSPS) is 16.0. The Hall–Kier alpha value is -2.22. The van der Waals surface area contributed by atoms with E-state index in [0.29, 0.717) is 10.6 Å². The van der Waals surface area contributed by atoms with Gasteiger partial charge in [-0.1, -0.05) is 35.9 Å². The fraction of sp³-hybridized carbons (Fsp3) is 0.211. The van der Waals surface area contributed by atoms with Gasteiger partial charge in [0.25, 0.3) is 0 Å². The molecule has 0 spiro atoms. The fourth-order valence-electron chi connectivity index (χ4n) is 2.80. The molecule has 0 unspecified atom stereocenters. The SMILES string of the molecule is O=C(/C=C/c1ccccc1F)N1CCN(S(=O)(=O)c2cccc(Cl)c2)CC1. The standard InChI is InChI=1S/C19H18ClFN2O3S/c20-16-5-3-6-17(14-16)27(25,26)23-12-10-22(11-13-23)19(24)9-8-15-4-1-2-7-18(15)21/h1-9,14H,10-13H2/b9-8+. The molecule has 3 rings (SSSR count). The van der Waals surface area contributed by atoms with Crippen molar-refractivity contribution in [3.8, 4) is 0 Å². The average molecular weight is 409 g/mol. The van der Waals surface area contributed by atoms with E-state index in [1.807, 2.05) is 0 Å². The Balaban J connectivity index is 1.63. The molecule has 1 amide bonds. The summed E-state index contributed by atoms with van der Waals surface area (Å²) >= 11 is 5.88. The van der Waals surface area contributed by atoms with Crippen LogP contribution in [0.25, 0.3) is 6.08 Å². The quantitative estimate of drug-likeness (QED) is 0.731. The lowest BCUT2D eigenvalue weighted by molar-refractivity contribution is -0.127. The number of carbonyl (C=O) groups is 1.